The molecule has 0 spiro atoms. The average molecular weight is 441 g/mol. The molecule has 0 bridgehead atoms. The van der Waals surface area contributed by atoms with Crippen molar-refractivity contribution in [3.63, 3.8) is 0 Å². The third kappa shape index (κ3) is 5.77. The summed E-state index contributed by atoms with van der Waals surface area (Å²) in [5.74, 6) is 0.776. The van der Waals surface area contributed by atoms with E-state index in [1.165, 1.54) is 31.0 Å². The predicted octanol–water partition coefficient (Wildman–Crippen LogP) is 3.27. The third-order valence-electron chi connectivity index (χ3n) is 5.50. The number of rotatable bonds is 9. The number of fused-ring (bicyclic) bond motifs is 1. The first-order valence-corrected chi connectivity index (χ1v) is 11.8. The SMILES string of the molecule is O=C(CSc1nc2ccccc2c(=O)n1CCCN1CCCCC1)NCc1ccco1. The summed E-state index contributed by atoms with van der Waals surface area (Å²) in [6.07, 6.45) is 6.29. The smallest absolute Gasteiger partial charge is 0.262 e. The first-order valence-electron chi connectivity index (χ1n) is 10.8. The van der Waals surface area contributed by atoms with E-state index in [0.29, 0.717) is 34.9 Å². The van der Waals surface area contributed by atoms with Gasteiger partial charge in [-0.1, -0.05) is 30.3 Å². The van der Waals surface area contributed by atoms with Crippen molar-refractivity contribution in [1.82, 2.24) is 19.8 Å². The van der Waals surface area contributed by atoms with E-state index in [4.69, 9.17) is 9.40 Å². The molecular formula is C23H28N4O3S. The normalized spacial score (nSPS) is 14.7. The lowest BCUT2D eigenvalue weighted by Crippen LogP contribution is -2.32. The van der Waals surface area contributed by atoms with Crippen molar-refractivity contribution in [1.29, 1.82) is 0 Å². The molecule has 164 valence electrons. The van der Waals surface area contributed by atoms with Crippen molar-refractivity contribution in [3.05, 3.63) is 58.8 Å². The van der Waals surface area contributed by atoms with Gasteiger partial charge in [-0.2, -0.15) is 0 Å². The van der Waals surface area contributed by atoms with Gasteiger partial charge in [-0.3, -0.25) is 14.2 Å². The maximum absolute atomic E-state index is 13.1. The van der Waals surface area contributed by atoms with Gasteiger partial charge < -0.3 is 14.6 Å². The van der Waals surface area contributed by atoms with E-state index < -0.39 is 0 Å². The summed E-state index contributed by atoms with van der Waals surface area (Å²) in [7, 11) is 0. The van der Waals surface area contributed by atoms with Crippen molar-refractivity contribution in [2.75, 3.05) is 25.4 Å². The van der Waals surface area contributed by atoms with E-state index in [9.17, 15) is 9.59 Å². The van der Waals surface area contributed by atoms with Crippen LogP contribution in [0, 0.1) is 0 Å². The number of hydrogen-bond acceptors (Lipinski definition) is 6. The van der Waals surface area contributed by atoms with Crippen molar-refractivity contribution in [2.45, 2.75) is 43.9 Å². The van der Waals surface area contributed by atoms with Gasteiger partial charge in [0.05, 0.1) is 29.5 Å². The van der Waals surface area contributed by atoms with Crippen molar-refractivity contribution in [3.8, 4) is 0 Å². The quantitative estimate of drug-likeness (QED) is 0.406. The Morgan fingerprint density at radius 2 is 1.94 bits per heavy atom. The van der Waals surface area contributed by atoms with Gasteiger partial charge in [0.25, 0.3) is 5.56 Å². The van der Waals surface area contributed by atoms with Crippen molar-refractivity contribution < 1.29 is 9.21 Å². The molecule has 4 rings (SSSR count). The van der Waals surface area contributed by atoms with E-state index in [0.717, 1.165) is 26.1 Å². The second-order valence-corrected chi connectivity index (χ2v) is 8.71. The first kappa shape index (κ1) is 21.6. The molecule has 7 nitrogen and oxygen atoms in total. The van der Waals surface area contributed by atoms with E-state index in [-0.39, 0.29) is 17.2 Å². The second kappa shape index (κ2) is 10.6. The summed E-state index contributed by atoms with van der Waals surface area (Å²) in [5.41, 5.74) is 0.626. The number of nitrogens with one attached hydrogen (secondary N) is 1. The number of furan rings is 1. The number of carbonyl (C=O) groups is 1. The lowest BCUT2D eigenvalue weighted by Gasteiger charge is -2.26. The number of nitrogens with zero attached hydrogens (tertiary/aromatic N) is 3. The van der Waals surface area contributed by atoms with Crippen molar-refractivity contribution >= 4 is 28.6 Å². The van der Waals surface area contributed by atoms with Crippen LogP contribution < -0.4 is 10.9 Å². The number of hydrogen-bond donors (Lipinski definition) is 1. The van der Waals surface area contributed by atoms with Crippen LogP contribution in [0.15, 0.2) is 57.0 Å². The van der Waals surface area contributed by atoms with Gasteiger partial charge in [0.15, 0.2) is 5.16 Å². The Morgan fingerprint density at radius 1 is 1.10 bits per heavy atom. The van der Waals surface area contributed by atoms with Gasteiger partial charge in [-0.25, -0.2) is 4.98 Å². The van der Waals surface area contributed by atoms with Gasteiger partial charge >= 0.3 is 0 Å². The van der Waals surface area contributed by atoms with E-state index >= 15 is 0 Å². The lowest BCUT2D eigenvalue weighted by atomic mass is 10.1. The number of piperidine rings is 1. The number of carbonyl (C=O) groups excluding carboxylic acids is 1. The van der Waals surface area contributed by atoms with Crippen molar-refractivity contribution in [2.24, 2.45) is 0 Å². The fraction of sp³-hybridized carbons (Fsp3) is 0.435. The molecular weight excluding hydrogens is 412 g/mol. The van der Waals surface area contributed by atoms with Gasteiger partial charge in [-0.15, -0.1) is 0 Å². The standard InChI is InChI=1S/C23H28N4O3S/c28-21(24-16-18-8-6-15-30-18)17-31-23-25-20-10-3-2-9-19(20)22(29)27(23)14-7-13-26-11-4-1-5-12-26/h2-3,6,8-10,15H,1,4-5,7,11-14,16-17H2,(H,24,28). The number of aromatic nitrogens is 2. The minimum Gasteiger partial charge on any atom is -0.467 e. The number of amides is 1. The number of benzene rings is 1. The van der Waals surface area contributed by atoms with Crippen LogP contribution in [-0.4, -0.2) is 45.7 Å². The van der Waals surface area contributed by atoms with Crippen LogP contribution in [0.3, 0.4) is 0 Å². The van der Waals surface area contributed by atoms with E-state index in [1.54, 1.807) is 16.9 Å². The molecule has 0 saturated carbocycles. The Morgan fingerprint density at radius 3 is 2.74 bits per heavy atom. The highest BCUT2D eigenvalue weighted by atomic mass is 32.2. The Hall–Kier alpha value is -2.58. The highest BCUT2D eigenvalue weighted by Crippen LogP contribution is 2.18. The van der Waals surface area contributed by atoms with Crippen LogP contribution in [0.4, 0.5) is 0 Å². The molecule has 1 saturated heterocycles. The number of thioether (sulfide) groups is 1. The van der Waals surface area contributed by atoms with Crippen LogP contribution in [0.2, 0.25) is 0 Å². The molecule has 1 aliphatic rings. The van der Waals surface area contributed by atoms with Gasteiger partial charge in [0.1, 0.15) is 5.76 Å². The minimum absolute atomic E-state index is 0.0391. The zero-order chi connectivity index (χ0) is 21.5. The molecule has 3 aromatic rings. The maximum Gasteiger partial charge on any atom is 0.262 e. The molecule has 2 aromatic heterocycles. The number of likely N-dealkylation sites (tertiary alicyclic amines) is 1. The average Bonchev–Trinajstić information content (AvgIpc) is 3.32. The molecule has 0 radical (unpaired) electrons. The monoisotopic (exact) mass is 440 g/mol. The molecule has 1 aromatic carbocycles. The number of para-hydroxylation sites is 1. The van der Waals surface area contributed by atoms with Gasteiger partial charge in [0, 0.05) is 6.54 Å². The molecule has 1 amide bonds. The molecule has 0 unspecified atom stereocenters. The molecule has 1 N–H and O–H groups in total. The summed E-state index contributed by atoms with van der Waals surface area (Å²) >= 11 is 1.30. The summed E-state index contributed by atoms with van der Waals surface area (Å²) in [4.78, 5) is 32.6. The lowest BCUT2D eigenvalue weighted by molar-refractivity contribution is -0.118. The molecule has 1 fully saturated rings. The Labute approximate surface area is 185 Å². The van der Waals surface area contributed by atoms with E-state index in [2.05, 4.69) is 10.2 Å². The van der Waals surface area contributed by atoms with Crippen LogP contribution in [0.1, 0.15) is 31.4 Å². The first-order chi connectivity index (χ1) is 15.2. The largest absolute Gasteiger partial charge is 0.467 e. The van der Waals surface area contributed by atoms with Gasteiger partial charge in [-0.05, 0) is 63.2 Å². The Balaban J connectivity index is 1.44. The molecule has 1 aliphatic heterocycles. The molecule has 8 heteroatoms. The van der Waals surface area contributed by atoms with Crippen LogP contribution in [0.5, 0.6) is 0 Å². The topological polar surface area (TPSA) is 80.4 Å². The summed E-state index contributed by atoms with van der Waals surface area (Å²) in [6.45, 7) is 4.21. The highest BCUT2D eigenvalue weighted by molar-refractivity contribution is 7.99. The summed E-state index contributed by atoms with van der Waals surface area (Å²) in [5, 5.41) is 4.05. The predicted molar refractivity (Wildman–Crippen MR) is 122 cm³/mol. The van der Waals surface area contributed by atoms with Crippen LogP contribution in [-0.2, 0) is 17.9 Å². The van der Waals surface area contributed by atoms with Gasteiger partial charge in [0.2, 0.25) is 5.91 Å². The highest BCUT2D eigenvalue weighted by Gasteiger charge is 2.15. The summed E-state index contributed by atoms with van der Waals surface area (Å²) in [6, 6.07) is 11.0. The minimum atomic E-state index is -0.122. The Kier molecular flexibility index (Phi) is 7.43. The molecule has 31 heavy (non-hydrogen) atoms. The zero-order valence-electron chi connectivity index (χ0n) is 17.6. The fourth-order valence-corrected chi connectivity index (χ4v) is 4.73. The molecule has 3 heterocycles. The second-order valence-electron chi connectivity index (χ2n) is 7.77. The summed E-state index contributed by atoms with van der Waals surface area (Å²) < 4.78 is 6.97. The molecule has 0 atom stereocenters. The van der Waals surface area contributed by atoms with E-state index in [1.807, 2.05) is 30.3 Å². The zero-order valence-corrected chi connectivity index (χ0v) is 18.4. The fourth-order valence-electron chi connectivity index (χ4n) is 3.87. The molecule has 0 aliphatic carbocycles. The van der Waals surface area contributed by atoms with Crippen LogP contribution >= 0.6 is 11.8 Å². The third-order valence-corrected chi connectivity index (χ3v) is 6.48. The maximum atomic E-state index is 13.1. The Bertz CT molecular complexity index is 1060. The van der Waals surface area contributed by atoms with Crippen LogP contribution in [0.25, 0.3) is 10.9 Å².